The van der Waals surface area contributed by atoms with Crippen LogP contribution in [0.2, 0.25) is 0 Å². The lowest BCUT2D eigenvalue weighted by Gasteiger charge is -2.38. The molecule has 0 unspecified atom stereocenters. The minimum Gasteiger partial charge on any atom is -0.493 e. The molecular formula is C20H30IN3O. The predicted molar refractivity (Wildman–Crippen MR) is 113 cm³/mol. The Morgan fingerprint density at radius 1 is 1.28 bits per heavy atom. The molecule has 4 rings (SSSR count). The Morgan fingerprint density at radius 2 is 2.08 bits per heavy atom. The van der Waals surface area contributed by atoms with E-state index in [-0.39, 0.29) is 24.0 Å². The van der Waals surface area contributed by atoms with Crippen LogP contribution in [-0.2, 0) is 6.54 Å². The second-order valence-electron chi connectivity index (χ2n) is 7.79. The predicted octanol–water partition coefficient (Wildman–Crippen LogP) is 4.04. The van der Waals surface area contributed by atoms with Crippen LogP contribution in [0, 0.1) is 11.3 Å². The first-order chi connectivity index (χ1) is 11.8. The minimum absolute atomic E-state index is 0. The van der Waals surface area contributed by atoms with E-state index in [1.807, 2.05) is 7.05 Å². The zero-order valence-electron chi connectivity index (χ0n) is 15.2. The molecule has 0 amide bonds. The van der Waals surface area contributed by atoms with Crippen molar-refractivity contribution >= 4 is 29.9 Å². The van der Waals surface area contributed by atoms with Gasteiger partial charge in [-0.05, 0) is 49.5 Å². The number of para-hydroxylation sites is 1. The van der Waals surface area contributed by atoms with Crippen LogP contribution in [0.15, 0.2) is 29.3 Å². The third-order valence-corrected chi connectivity index (χ3v) is 5.94. The molecular weight excluding hydrogens is 425 g/mol. The summed E-state index contributed by atoms with van der Waals surface area (Å²) < 4.78 is 6.02. The maximum atomic E-state index is 6.02. The van der Waals surface area contributed by atoms with Crippen LogP contribution in [0.1, 0.15) is 44.1 Å². The minimum atomic E-state index is 0. The van der Waals surface area contributed by atoms with Crippen molar-refractivity contribution in [3.05, 3.63) is 29.8 Å². The highest BCUT2D eigenvalue weighted by Crippen LogP contribution is 2.47. The average molecular weight is 455 g/mol. The molecule has 1 aromatic carbocycles. The Morgan fingerprint density at radius 3 is 2.72 bits per heavy atom. The van der Waals surface area contributed by atoms with Crippen molar-refractivity contribution in [1.29, 1.82) is 0 Å². The summed E-state index contributed by atoms with van der Waals surface area (Å²) in [6, 6.07) is 8.38. The van der Waals surface area contributed by atoms with Gasteiger partial charge < -0.3 is 15.0 Å². The van der Waals surface area contributed by atoms with Crippen LogP contribution in [0.25, 0.3) is 0 Å². The number of benzene rings is 1. The average Bonchev–Trinajstić information content (AvgIpc) is 3.29. The summed E-state index contributed by atoms with van der Waals surface area (Å²) in [6.45, 7) is 3.95. The topological polar surface area (TPSA) is 36.9 Å². The van der Waals surface area contributed by atoms with Crippen molar-refractivity contribution in [2.45, 2.75) is 45.1 Å². The largest absolute Gasteiger partial charge is 0.493 e. The molecule has 3 aliphatic rings. The monoisotopic (exact) mass is 455 g/mol. The normalized spacial score (nSPS) is 21.6. The van der Waals surface area contributed by atoms with Crippen LogP contribution in [0.5, 0.6) is 5.75 Å². The van der Waals surface area contributed by atoms with E-state index in [0.29, 0.717) is 5.41 Å². The molecule has 25 heavy (non-hydrogen) atoms. The Bertz CT molecular complexity index is 611. The summed E-state index contributed by atoms with van der Waals surface area (Å²) in [4.78, 5) is 6.95. The van der Waals surface area contributed by atoms with Crippen LogP contribution >= 0.6 is 24.0 Å². The first-order valence-corrected chi connectivity index (χ1v) is 9.44. The molecule has 138 valence electrons. The van der Waals surface area contributed by atoms with E-state index in [2.05, 4.69) is 39.5 Å². The van der Waals surface area contributed by atoms with Gasteiger partial charge in [0.15, 0.2) is 5.96 Å². The lowest BCUT2D eigenvalue weighted by Crippen LogP contribution is -2.42. The van der Waals surface area contributed by atoms with E-state index >= 15 is 0 Å². The van der Waals surface area contributed by atoms with Gasteiger partial charge in [0, 0.05) is 32.2 Å². The summed E-state index contributed by atoms with van der Waals surface area (Å²) >= 11 is 0. The highest BCUT2D eigenvalue weighted by molar-refractivity contribution is 14.0. The second-order valence-corrected chi connectivity index (χ2v) is 7.79. The molecule has 0 aromatic heterocycles. The highest BCUT2D eigenvalue weighted by Gasteiger charge is 2.43. The Balaban J connectivity index is 0.00000182. The van der Waals surface area contributed by atoms with Gasteiger partial charge in [-0.25, -0.2) is 0 Å². The lowest BCUT2D eigenvalue weighted by molar-refractivity contribution is 0.151. The second kappa shape index (κ2) is 8.14. The summed E-state index contributed by atoms with van der Waals surface area (Å²) in [5, 5.41) is 3.55. The summed E-state index contributed by atoms with van der Waals surface area (Å²) in [5.41, 5.74) is 1.82. The number of hydrogen-bond donors (Lipinski definition) is 1. The first kappa shape index (κ1) is 18.8. The van der Waals surface area contributed by atoms with Gasteiger partial charge in [-0.15, -0.1) is 24.0 Å². The molecule has 0 radical (unpaired) electrons. The van der Waals surface area contributed by atoms with Gasteiger partial charge in [0.2, 0.25) is 0 Å². The Labute approximate surface area is 168 Å². The van der Waals surface area contributed by atoms with E-state index < -0.39 is 0 Å². The zero-order chi connectivity index (χ0) is 16.4. The van der Waals surface area contributed by atoms with E-state index in [4.69, 9.17) is 4.74 Å². The number of ether oxygens (including phenoxy) is 1. The molecule has 3 fully saturated rings. The third kappa shape index (κ3) is 4.41. The summed E-state index contributed by atoms with van der Waals surface area (Å²) in [5.74, 6) is 2.84. The van der Waals surface area contributed by atoms with Gasteiger partial charge in [-0.3, -0.25) is 4.99 Å². The van der Waals surface area contributed by atoms with Crippen molar-refractivity contribution in [1.82, 2.24) is 10.2 Å². The van der Waals surface area contributed by atoms with Crippen LogP contribution in [0.3, 0.4) is 0 Å². The van der Waals surface area contributed by atoms with Gasteiger partial charge in [-0.2, -0.15) is 0 Å². The molecule has 1 saturated heterocycles. The molecule has 2 saturated carbocycles. The van der Waals surface area contributed by atoms with Crippen LogP contribution in [0.4, 0.5) is 0 Å². The summed E-state index contributed by atoms with van der Waals surface area (Å²) in [6.07, 6.45) is 8.19. The molecule has 1 aromatic rings. The van der Waals surface area contributed by atoms with Gasteiger partial charge in [0.25, 0.3) is 0 Å². The Hall–Kier alpha value is -0.980. The number of aliphatic imine (C=N–C) groups is 1. The Kier molecular flexibility index (Phi) is 6.12. The smallest absolute Gasteiger partial charge is 0.193 e. The molecule has 1 spiro atoms. The first-order valence-electron chi connectivity index (χ1n) is 9.44. The van der Waals surface area contributed by atoms with E-state index in [1.165, 1.54) is 50.6 Å². The van der Waals surface area contributed by atoms with Gasteiger partial charge in [0.05, 0.1) is 6.61 Å². The van der Waals surface area contributed by atoms with Crippen molar-refractivity contribution in [2.24, 2.45) is 16.3 Å². The molecule has 1 aliphatic heterocycles. The fraction of sp³-hybridized carbons (Fsp3) is 0.650. The maximum absolute atomic E-state index is 6.02. The summed E-state index contributed by atoms with van der Waals surface area (Å²) in [7, 11) is 1.89. The quantitative estimate of drug-likeness (QED) is 0.414. The van der Waals surface area contributed by atoms with E-state index in [9.17, 15) is 0 Å². The molecule has 2 aliphatic carbocycles. The number of rotatable bonds is 5. The molecule has 4 nitrogen and oxygen atoms in total. The molecule has 1 heterocycles. The SMILES string of the molecule is CN=C(NCc1ccccc1OCC1CC1)N1CCC2(CCC2)C1.I. The number of halogens is 1. The number of nitrogens with zero attached hydrogens (tertiary/aromatic N) is 2. The van der Waals surface area contributed by atoms with Crippen LogP contribution < -0.4 is 10.1 Å². The number of nitrogens with one attached hydrogen (secondary N) is 1. The highest BCUT2D eigenvalue weighted by atomic mass is 127. The number of likely N-dealkylation sites (tertiary alicyclic amines) is 1. The molecule has 1 N–H and O–H groups in total. The number of hydrogen-bond acceptors (Lipinski definition) is 2. The fourth-order valence-electron chi connectivity index (χ4n) is 3.99. The standard InChI is InChI=1S/C20H29N3O.HI/c1-21-19(23-12-11-20(15-23)9-4-10-20)22-13-17-5-2-3-6-18(17)24-14-16-7-8-16;/h2-3,5-6,16H,4,7-15H2,1H3,(H,21,22);1H. The van der Waals surface area contributed by atoms with Crippen molar-refractivity contribution < 1.29 is 4.74 Å². The van der Waals surface area contributed by atoms with Crippen molar-refractivity contribution in [3.8, 4) is 5.75 Å². The third-order valence-electron chi connectivity index (χ3n) is 5.94. The van der Waals surface area contributed by atoms with Crippen molar-refractivity contribution in [2.75, 3.05) is 26.7 Å². The van der Waals surface area contributed by atoms with Gasteiger partial charge >= 0.3 is 0 Å². The fourth-order valence-corrected chi connectivity index (χ4v) is 3.99. The zero-order valence-corrected chi connectivity index (χ0v) is 17.5. The van der Waals surface area contributed by atoms with Crippen molar-refractivity contribution in [3.63, 3.8) is 0 Å². The van der Waals surface area contributed by atoms with Crippen LogP contribution in [-0.4, -0.2) is 37.6 Å². The maximum Gasteiger partial charge on any atom is 0.193 e. The lowest BCUT2D eigenvalue weighted by atomic mass is 9.68. The van der Waals surface area contributed by atoms with Gasteiger partial charge in [-0.1, -0.05) is 24.6 Å². The molecule has 0 atom stereocenters. The van der Waals surface area contributed by atoms with E-state index in [0.717, 1.165) is 37.3 Å². The van der Waals surface area contributed by atoms with Gasteiger partial charge in [0.1, 0.15) is 5.75 Å². The number of guanidine groups is 1. The molecule has 0 bridgehead atoms. The van der Waals surface area contributed by atoms with E-state index in [1.54, 1.807) is 0 Å². The molecule has 5 heteroatoms.